The minimum Gasteiger partial charge on any atom is -0.369 e. The Kier molecular flexibility index (Phi) is 6.57. The molecule has 0 spiro atoms. The molecule has 7 nitrogen and oxygen atoms in total. The molecule has 8 heteroatoms. The first-order valence-corrected chi connectivity index (χ1v) is 13.1. The van der Waals surface area contributed by atoms with Gasteiger partial charge >= 0.3 is 0 Å². The molecule has 4 heterocycles. The van der Waals surface area contributed by atoms with Crippen LogP contribution in [0.4, 0.5) is 17.2 Å². The molecule has 0 saturated carbocycles. The van der Waals surface area contributed by atoms with E-state index in [1.54, 1.807) is 0 Å². The van der Waals surface area contributed by atoms with Crippen LogP contribution >= 0.6 is 0 Å². The molecule has 4 aromatic rings. The summed E-state index contributed by atoms with van der Waals surface area (Å²) in [5, 5.41) is 11.4. The Morgan fingerprint density at radius 2 is 1.81 bits per heavy atom. The van der Waals surface area contributed by atoms with Crippen molar-refractivity contribution < 1.29 is 0 Å². The van der Waals surface area contributed by atoms with Crippen molar-refractivity contribution in [3.8, 4) is 0 Å². The number of piperazine rings is 1. The van der Waals surface area contributed by atoms with E-state index in [9.17, 15) is 0 Å². The molecule has 2 radical (unpaired) electrons. The smallest absolute Gasteiger partial charge is 0.166 e. The minimum absolute atomic E-state index is 0.215. The summed E-state index contributed by atoms with van der Waals surface area (Å²) in [6.45, 7) is 9.38. The predicted octanol–water partition coefficient (Wildman–Crippen LogP) is 3.75. The molecule has 37 heavy (non-hydrogen) atoms. The van der Waals surface area contributed by atoms with E-state index in [4.69, 9.17) is 12.8 Å². The molecule has 2 aromatic heterocycles. The lowest BCUT2D eigenvalue weighted by atomic mass is 9.84. The van der Waals surface area contributed by atoms with Crippen LogP contribution in [0.1, 0.15) is 36.4 Å². The van der Waals surface area contributed by atoms with Crippen molar-refractivity contribution >= 4 is 41.8 Å². The van der Waals surface area contributed by atoms with E-state index < -0.39 is 0 Å². The Labute approximate surface area is 219 Å². The highest BCUT2D eigenvalue weighted by atomic mass is 15.3. The summed E-state index contributed by atoms with van der Waals surface area (Å²) in [6, 6.07) is 19.0. The molecule has 2 aliphatic rings. The Morgan fingerprint density at radius 1 is 1.00 bits per heavy atom. The van der Waals surface area contributed by atoms with Crippen LogP contribution in [0.25, 0.3) is 11.3 Å². The van der Waals surface area contributed by atoms with E-state index in [1.807, 2.05) is 35.1 Å². The zero-order chi connectivity index (χ0) is 25.2. The van der Waals surface area contributed by atoms with Gasteiger partial charge in [0.15, 0.2) is 5.65 Å². The Hall–Kier alpha value is -3.78. The van der Waals surface area contributed by atoms with E-state index in [1.165, 1.54) is 17.7 Å². The van der Waals surface area contributed by atoms with E-state index in [0.29, 0.717) is 0 Å². The van der Waals surface area contributed by atoms with Crippen LogP contribution in [0.3, 0.4) is 0 Å². The first-order chi connectivity index (χ1) is 18.2. The van der Waals surface area contributed by atoms with Crippen LogP contribution in [-0.4, -0.2) is 55.2 Å². The molecule has 0 aliphatic carbocycles. The van der Waals surface area contributed by atoms with Crippen molar-refractivity contribution in [2.45, 2.75) is 25.3 Å². The third kappa shape index (κ3) is 4.81. The van der Waals surface area contributed by atoms with Crippen LogP contribution in [0, 0.1) is 0 Å². The minimum atomic E-state index is 0.215. The number of nitrogens with one attached hydrogen (secondary N) is 2. The van der Waals surface area contributed by atoms with Crippen LogP contribution < -0.4 is 25.9 Å². The van der Waals surface area contributed by atoms with Crippen LogP contribution in [0.15, 0.2) is 73.6 Å². The van der Waals surface area contributed by atoms with Crippen molar-refractivity contribution in [3.05, 3.63) is 84.7 Å². The lowest BCUT2D eigenvalue weighted by molar-refractivity contribution is 0.471. The standard InChI is InChI=1S/C29H32BN7/c1-21(33-22-9-11-23(12-10-22)35-18-14-31-15-19-35)25-20-32-37-17-13-28(34-29(25)37)36-16-5-4-8-27(36)24-6-2-3-7-26(24)30/h2-3,6-7,9-13,17,20,27,31,33H,1,4-5,8,14-16,18-19H2. The lowest BCUT2D eigenvalue weighted by Gasteiger charge is -2.38. The third-order valence-electron chi connectivity index (χ3n) is 7.48. The average Bonchev–Trinajstić information content (AvgIpc) is 3.38. The molecule has 1 unspecified atom stereocenters. The highest BCUT2D eigenvalue weighted by molar-refractivity contribution is 6.33. The zero-order valence-corrected chi connectivity index (χ0v) is 21.1. The van der Waals surface area contributed by atoms with Gasteiger partial charge in [-0.1, -0.05) is 36.3 Å². The molecule has 2 aromatic carbocycles. The highest BCUT2D eigenvalue weighted by Gasteiger charge is 2.26. The zero-order valence-electron chi connectivity index (χ0n) is 21.1. The number of anilines is 3. The van der Waals surface area contributed by atoms with Crippen molar-refractivity contribution in [2.24, 2.45) is 0 Å². The van der Waals surface area contributed by atoms with Crippen LogP contribution in [0.5, 0.6) is 0 Å². The van der Waals surface area contributed by atoms with Gasteiger partial charge in [0.1, 0.15) is 13.7 Å². The summed E-state index contributed by atoms with van der Waals surface area (Å²) in [5.41, 5.74) is 6.71. The van der Waals surface area contributed by atoms with Gasteiger partial charge < -0.3 is 20.4 Å². The second-order valence-corrected chi connectivity index (χ2v) is 9.83. The topological polar surface area (TPSA) is 60.7 Å². The Bertz CT molecular complexity index is 1390. The highest BCUT2D eigenvalue weighted by Crippen LogP contribution is 2.34. The first kappa shape index (κ1) is 23.6. The second kappa shape index (κ2) is 10.3. The molecular formula is C29H32BN7. The van der Waals surface area contributed by atoms with Crippen LogP contribution in [0.2, 0.25) is 0 Å². The number of hydrogen-bond acceptors (Lipinski definition) is 6. The molecule has 0 amide bonds. The van der Waals surface area contributed by atoms with Crippen molar-refractivity contribution in [2.75, 3.05) is 47.8 Å². The monoisotopic (exact) mass is 489 g/mol. The fraction of sp³-hybridized carbons (Fsp3) is 0.310. The van der Waals surface area contributed by atoms with Gasteiger partial charge in [-0.2, -0.15) is 5.10 Å². The lowest BCUT2D eigenvalue weighted by Crippen LogP contribution is -2.43. The molecule has 0 bridgehead atoms. The second-order valence-electron chi connectivity index (χ2n) is 9.83. The molecule has 1 atom stereocenters. The summed E-state index contributed by atoms with van der Waals surface area (Å²) in [6.07, 6.45) is 7.20. The number of benzene rings is 2. The molecule has 2 N–H and O–H groups in total. The number of nitrogens with zero attached hydrogens (tertiary/aromatic N) is 5. The van der Waals surface area contributed by atoms with E-state index in [0.717, 1.165) is 79.4 Å². The molecule has 2 fully saturated rings. The molecule has 186 valence electrons. The molecular weight excluding hydrogens is 457 g/mol. The predicted molar refractivity (Wildman–Crippen MR) is 153 cm³/mol. The first-order valence-electron chi connectivity index (χ1n) is 13.1. The third-order valence-corrected chi connectivity index (χ3v) is 7.48. The molecule has 6 rings (SSSR count). The number of hydrogen-bond donors (Lipinski definition) is 2. The summed E-state index contributed by atoms with van der Waals surface area (Å²) in [4.78, 5) is 9.87. The fourth-order valence-corrected chi connectivity index (χ4v) is 5.50. The van der Waals surface area contributed by atoms with Crippen molar-refractivity contribution in [3.63, 3.8) is 0 Å². The fourth-order valence-electron chi connectivity index (χ4n) is 5.50. The van der Waals surface area contributed by atoms with Gasteiger partial charge in [-0.15, -0.1) is 0 Å². The number of piperidine rings is 1. The average molecular weight is 489 g/mol. The SMILES string of the molecule is [B]c1ccccc1C1CCCCN1c1ccn2ncc(C(=C)Nc3ccc(N4CCNCC4)cc3)c2n1. The molecule has 2 saturated heterocycles. The van der Waals surface area contributed by atoms with Crippen LogP contribution in [-0.2, 0) is 0 Å². The van der Waals surface area contributed by atoms with Gasteiger partial charge in [0.2, 0.25) is 0 Å². The summed E-state index contributed by atoms with van der Waals surface area (Å²) < 4.78 is 1.81. The normalized spacial score (nSPS) is 18.2. The van der Waals surface area contributed by atoms with Gasteiger partial charge in [0, 0.05) is 56.0 Å². The maximum atomic E-state index is 6.37. The Morgan fingerprint density at radius 3 is 2.62 bits per heavy atom. The summed E-state index contributed by atoms with van der Waals surface area (Å²) in [7, 11) is 6.37. The Balaban J connectivity index is 1.24. The summed E-state index contributed by atoms with van der Waals surface area (Å²) >= 11 is 0. The molecule has 2 aliphatic heterocycles. The quantitative estimate of drug-likeness (QED) is 0.403. The van der Waals surface area contributed by atoms with Gasteiger partial charge in [0.25, 0.3) is 0 Å². The van der Waals surface area contributed by atoms with Gasteiger partial charge in [0.05, 0.1) is 17.8 Å². The number of aromatic nitrogens is 3. The number of fused-ring (bicyclic) bond motifs is 1. The van der Waals surface area contributed by atoms with E-state index in [-0.39, 0.29) is 6.04 Å². The maximum Gasteiger partial charge on any atom is 0.166 e. The van der Waals surface area contributed by atoms with Crippen molar-refractivity contribution in [1.29, 1.82) is 0 Å². The van der Waals surface area contributed by atoms with E-state index >= 15 is 0 Å². The number of rotatable bonds is 6. The summed E-state index contributed by atoms with van der Waals surface area (Å²) in [5.74, 6) is 0.940. The van der Waals surface area contributed by atoms with Crippen molar-refractivity contribution in [1.82, 2.24) is 19.9 Å². The maximum absolute atomic E-state index is 6.37. The van der Waals surface area contributed by atoms with E-state index in [2.05, 4.69) is 68.5 Å². The van der Waals surface area contributed by atoms with Gasteiger partial charge in [-0.05, 0) is 55.2 Å². The largest absolute Gasteiger partial charge is 0.369 e. The van der Waals surface area contributed by atoms with Gasteiger partial charge in [-0.25, -0.2) is 9.50 Å². The van der Waals surface area contributed by atoms with Gasteiger partial charge in [-0.3, -0.25) is 0 Å².